The van der Waals surface area contributed by atoms with Crippen molar-refractivity contribution in [2.75, 3.05) is 21.1 Å². The summed E-state index contributed by atoms with van der Waals surface area (Å²) in [6.45, 7) is 5.22. The minimum atomic E-state index is 0.112. The standard InChI is InChI=1S/C25H32N4O2/c1-7-25(30)28(5)16-20-9-8-18(2)14-23(20)31-21-12-10-19(11-13-21)22-15-26-24(29(22)6)17-27(3)4/h8-15H,7,16-17H2,1-6H3. The van der Waals surface area contributed by atoms with Crippen molar-refractivity contribution in [3.05, 3.63) is 65.6 Å². The first-order chi connectivity index (χ1) is 14.8. The van der Waals surface area contributed by atoms with E-state index in [1.54, 1.807) is 4.90 Å². The van der Waals surface area contributed by atoms with Gasteiger partial charge in [-0.25, -0.2) is 4.98 Å². The molecule has 0 unspecified atom stereocenters. The summed E-state index contributed by atoms with van der Waals surface area (Å²) in [5.41, 5.74) is 4.26. The van der Waals surface area contributed by atoms with E-state index < -0.39 is 0 Å². The van der Waals surface area contributed by atoms with Gasteiger partial charge in [0.2, 0.25) is 5.91 Å². The molecule has 164 valence electrons. The highest BCUT2D eigenvalue weighted by Gasteiger charge is 2.13. The van der Waals surface area contributed by atoms with Crippen LogP contribution in [0.5, 0.6) is 11.5 Å². The van der Waals surface area contributed by atoms with E-state index in [4.69, 9.17) is 4.74 Å². The van der Waals surface area contributed by atoms with Crippen molar-refractivity contribution in [3.8, 4) is 22.8 Å². The van der Waals surface area contributed by atoms with Gasteiger partial charge in [-0.2, -0.15) is 0 Å². The zero-order valence-corrected chi connectivity index (χ0v) is 19.3. The third kappa shape index (κ3) is 5.52. The van der Waals surface area contributed by atoms with Crippen LogP contribution in [0.4, 0.5) is 0 Å². The summed E-state index contributed by atoms with van der Waals surface area (Å²) in [5.74, 6) is 2.67. The van der Waals surface area contributed by atoms with Crippen molar-refractivity contribution in [2.24, 2.45) is 7.05 Å². The fourth-order valence-electron chi connectivity index (χ4n) is 3.47. The molecule has 31 heavy (non-hydrogen) atoms. The predicted molar refractivity (Wildman–Crippen MR) is 124 cm³/mol. The summed E-state index contributed by atoms with van der Waals surface area (Å²) >= 11 is 0. The fraction of sp³-hybridized carbons (Fsp3) is 0.360. The predicted octanol–water partition coefficient (Wildman–Crippen LogP) is 4.62. The summed E-state index contributed by atoms with van der Waals surface area (Å²) in [4.78, 5) is 20.4. The number of amides is 1. The quantitative estimate of drug-likeness (QED) is 0.534. The minimum Gasteiger partial charge on any atom is -0.457 e. The molecular weight excluding hydrogens is 388 g/mol. The second-order valence-corrected chi connectivity index (χ2v) is 8.20. The zero-order chi connectivity index (χ0) is 22.5. The van der Waals surface area contributed by atoms with Crippen molar-refractivity contribution >= 4 is 5.91 Å². The lowest BCUT2D eigenvalue weighted by Crippen LogP contribution is -2.25. The van der Waals surface area contributed by atoms with Crippen LogP contribution in [-0.4, -0.2) is 46.4 Å². The van der Waals surface area contributed by atoms with Crippen LogP contribution in [0.15, 0.2) is 48.7 Å². The highest BCUT2D eigenvalue weighted by atomic mass is 16.5. The van der Waals surface area contributed by atoms with Gasteiger partial charge in [-0.3, -0.25) is 4.79 Å². The maximum Gasteiger partial charge on any atom is 0.222 e. The molecule has 1 amide bonds. The highest BCUT2D eigenvalue weighted by Crippen LogP contribution is 2.30. The second kappa shape index (κ2) is 9.79. The van der Waals surface area contributed by atoms with Crippen molar-refractivity contribution in [1.29, 1.82) is 0 Å². The van der Waals surface area contributed by atoms with E-state index in [2.05, 4.69) is 14.5 Å². The van der Waals surface area contributed by atoms with Gasteiger partial charge in [-0.1, -0.05) is 19.1 Å². The molecule has 0 aliphatic rings. The van der Waals surface area contributed by atoms with E-state index in [0.29, 0.717) is 13.0 Å². The van der Waals surface area contributed by atoms with Crippen LogP contribution in [0.3, 0.4) is 0 Å². The molecule has 0 fully saturated rings. The minimum absolute atomic E-state index is 0.112. The molecule has 0 bridgehead atoms. The van der Waals surface area contributed by atoms with Crippen molar-refractivity contribution in [1.82, 2.24) is 19.4 Å². The molecule has 3 aromatic rings. The molecule has 2 aromatic carbocycles. The summed E-state index contributed by atoms with van der Waals surface area (Å²) in [5, 5.41) is 0. The number of rotatable bonds is 8. The van der Waals surface area contributed by atoms with E-state index in [1.165, 1.54) is 0 Å². The third-order valence-electron chi connectivity index (χ3n) is 5.28. The molecular formula is C25H32N4O2. The number of carbonyl (C=O) groups excluding carboxylic acids is 1. The second-order valence-electron chi connectivity index (χ2n) is 8.20. The Kier molecular flexibility index (Phi) is 7.13. The molecule has 0 aliphatic carbocycles. The number of benzene rings is 2. The highest BCUT2D eigenvalue weighted by molar-refractivity contribution is 5.75. The number of nitrogens with zero attached hydrogens (tertiary/aromatic N) is 4. The molecule has 1 heterocycles. The zero-order valence-electron chi connectivity index (χ0n) is 19.3. The summed E-state index contributed by atoms with van der Waals surface area (Å²) in [6, 6.07) is 14.1. The molecule has 0 saturated carbocycles. The van der Waals surface area contributed by atoms with Gasteiger partial charge in [0.05, 0.1) is 18.4 Å². The summed E-state index contributed by atoms with van der Waals surface area (Å²) in [6.07, 6.45) is 2.40. The van der Waals surface area contributed by atoms with Crippen LogP contribution in [0.1, 0.15) is 30.3 Å². The first-order valence-electron chi connectivity index (χ1n) is 10.6. The molecule has 6 nitrogen and oxygen atoms in total. The van der Waals surface area contributed by atoms with Gasteiger partial charge in [0.25, 0.3) is 0 Å². The maximum atomic E-state index is 12.0. The largest absolute Gasteiger partial charge is 0.457 e. The maximum absolute atomic E-state index is 12.0. The Morgan fingerprint density at radius 3 is 2.42 bits per heavy atom. The third-order valence-corrected chi connectivity index (χ3v) is 5.28. The van der Waals surface area contributed by atoms with Gasteiger partial charge in [0.1, 0.15) is 17.3 Å². The van der Waals surface area contributed by atoms with Gasteiger partial charge >= 0.3 is 0 Å². The number of ether oxygens (including phenoxy) is 1. The lowest BCUT2D eigenvalue weighted by Gasteiger charge is -2.19. The average Bonchev–Trinajstić information content (AvgIpc) is 3.09. The monoisotopic (exact) mass is 420 g/mol. The molecule has 6 heteroatoms. The molecule has 0 spiro atoms. The smallest absolute Gasteiger partial charge is 0.222 e. The van der Waals surface area contributed by atoms with Crippen molar-refractivity contribution in [3.63, 3.8) is 0 Å². The number of carbonyl (C=O) groups is 1. The van der Waals surface area contributed by atoms with Crippen molar-refractivity contribution in [2.45, 2.75) is 33.4 Å². The van der Waals surface area contributed by atoms with Gasteiger partial charge in [-0.15, -0.1) is 0 Å². The van der Waals surface area contributed by atoms with Gasteiger partial charge in [-0.05, 0) is 56.9 Å². The molecule has 0 aliphatic heterocycles. The Morgan fingerprint density at radius 2 is 1.77 bits per heavy atom. The summed E-state index contributed by atoms with van der Waals surface area (Å²) < 4.78 is 8.34. The molecule has 0 saturated heterocycles. The van der Waals surface area contributed by atoms with Crippen LogP contribution < -0.4 is 4.74 Å². The number of hydrogen-bond donors (Lipinski definition) is 0. The Morgan fingerprint density at radius 1 is 1.06 bits per heavy atom. The Bertz CT molecular complexity index is 1040. The summed E-state index contributed by atoms with van der Waals surface area (Å²) in [7, 11) is 7.94. The molecule has 0 N–H and O–H groups in total. The Labute approximate surface area is 185 Å². The van der Waals surface area contributed by atoms with E-state index in [9.17, 15) is 4.79 Å². The first-order valence-corrected chi connectivity index (χ1v) is 10.6. The van der Waals surface area contributed by atoms with Crippen molar-refractivity contribution < 1.29 is 9.53 Å². The van der Waals surface area contributed by atoms with Gasteiger partial charge < -0.3 is 19.1 Å². The van der Waals surface area contributed by atoms with Gasteiger partial charge in [0, 0.05) is 38.2 Å². The van der Waals surface area contributed by atoms with Gasteiger partial charge in [0.15, 0.2) is 0 Å². The fourth-order valence-corrected chi connectivity index (χ4v) is 3.47. The van der Waals surface area contributed by atoms with E-state index in [-0.39, 0.29) is 5.91 Å². The van der Waals surface area contributed by atoms with E-state index >= 15 is 0 Å². The topological polar surface area (TPSA) is 50.6 Å². The lowest BCUT2D eigenvalue weighted by molar-refractivity contribution is -0.130. The van der Waals surface area contributed by atoms with E-state index in [1.807, 2.05) is 90.7 Å². The normalized spacial score (nSPS) is 11.1. The molecule has 0 radical (unpaired) electrons. The molecule has 0 atom stereocenters. The number of aromatic nitrogens is 2. The first kappa shape index (κ1) is 22.6. The Hall–Kier alpha value is -3.12. The number of imidazole rings is 1. The molecule has 1 aromatic heterocycles. The number of aryl methyl sites for hydroxylation is 1. The SMILES string of the molecule is CCC(=O)N(C)Cc1ccc(C)cc1Oc1ccc(-c2cnc(CN(C)C)n2C)cc1. The molecule has 3 rings (SSSR count). The van der Waals surface area contributed by atoms with Crippen LogP contribution in [0.2, 0.25) is 0 Å². The number of hydrogen-bond acceptors (Lipinski definition) is 4. The van der Waals surface area contributed by atoms with Crippen LogP contribution in [0.25, 0.3) is 11.3 Å². The van der Waals surface area contributed by atoms with Crippen LogP contribution >= 0.6 is 0 Å². The lowest BCUT2D eigenvalue weighted by atomic mass is 10.1. The average molecular weight is 421 g/mol. The van der Waals surface area contributed by atoms with Crippen LogP contribution in [0, 0.1) is 6.92 Å². The van der Waals surface area contributed by atoms with E-state index in [0.717, 1.165) is 46.3 Å². The Balaban J connectivity index is 1.80. The van der Waals surface area contributed by atoms with Crippen LogP contribution in [-0.2, 0) is 24.9 Å².